The Hall–Kier alpha value is -1.35. The number of benzene rings is 1. The summed E-state index contributed by atoms with van der Waals surface area (Å²) >= 11 is 0. The molecule has 1 atom stereocenters. The van der Waals surface area contributed by atoms with Crippen LogP contribution in [0.2, 0.25) is 0 Å². The lowest BCUT2D eigenvalue weighted by Crippen LogP contribution is -2.24. The average molecular weight is 273 g/mol. The molecule has 0 bridgehead atoms. The van der Waals surface area contributed by atoms with Crippen LogP contribution in [0.1, 0.15) is 45.2 Å². The molecule has 0 radical (unpaired) electrons. The van der Waals surface area contributed by atoms with Crippen LogP contribution in [0, 0.1) is 0 Å². The molecule has 0 aliphatic rings. The van der Waals surface area contributed by atoms with Gasteiger partial charge < -0.3 is 5.32 Å². The first kappa shape index (κ1) is 15.0. The first-order valence-corrected chi connectivity index (χ1v) is 7.91. The molecule has 1 heterocycles. The molecule has 1 N–H and O–H groups in total. The number of nitrogens with zero attached hydrogens (tertiary/aromatic N) is 2. The van der Waals surface area contributed by atoms with Gasteiger partial charge in [-0.3, -0.25) is 4.68 Å². The standard InChI is InChI=1S/C17H27N3/c1-4-9-14(18-3)10-8-12-16-15-11-6-7-13-17(15)20(5-2)19-16/h6-7,11,13-14,18H,4-5,8-10,12H2,1-3H3. The predicted octanol–water partition coefficient (Wildman–Crippen LogP) is 3.77. The summed E-state index contributed by atoms with van der Waals surface area (Å²) in [7, 11) is 2.07. The number of rotatable bonds is 8. The first-order chi connectivity index (χ1) is 9.80. The highest BCUT2D eigenvalue weighted by molar-refractivity contribution is 5.81. The minimum Gasteiger partial charge on any atom is -0.317 e. The number of aryl methyl sites for hydroxylation is 2. The van der Waals surface area contributed by atoms with Gasteiger partial charge in [-0.1, -0.05) is 31.5 Å². The second kappa shape index (κ2) is 7.44. The average Bonchev–Trinajstić information content (AvgIpc) is 2.85. The lowest BCUT2D eigenvalue weighted by molar-refractivity contribution is 0.468. The van der Waals surface area contributed by atoms with Gasteiger partial charge in [-0.2, -0.15) is 5.10 Å². The van der Waals surface area contributed by atoms with Crippen LogP contribution in [-0.2, 0) is 13.0 Å². The molecule has 1 aromatic carbocycles. The number of nitrogens with one attached hydrogen (secondary N) is 1. The summed E-state index contributed by atoms with van der Waals surface area (Å²) in [5.74, 6) is 0. The van der Waals surface area contributed by atoms with Gasteiger partial charge in [-0.15, -0.1) is 0 Å². The Balaban J connectivity index is 2.03. The molecule has 20 heavy (non-hydrogen) atoms. The normalized spacial score (nSPS) is 12.9. The van der Waals surface area contributed by atoms with Gasteiger partial charge in [0.2, 0.25) is 0 Å². The third kappa shape index (κ3) is 3.40. The van der Waals surface area contributed by atoms with E-state index in [1.807, 2.05) is 0 Å². The van der Waals surface area contributed by atoms with Crippen LogP contribution >= 0.6 is 0 Å². The molecule has 2 aromatic rings. The summed E-state index contributed by atoms with van der Waals surface area (Å²) in [5, 5.41) is 9.51. The fourth-order valence-corrected chi connectivity index (χ4v) is 2.92. The Morgan fingerprint density at radius 1 is 1.20 bits per heavy atom. The van der Waals surface area contributed by atoms with Crippen molar-refractivity contribution in [2.75, 3.05) is 7.05 Å². The zero-order valence-corrected chi connectivity index (χ0v) is 13.0. The molecule has 110 valence electrons. The molecule has 1 unspecified atom stereocenters. The van der Waals surface area contributed by atoms with Crippen molar-refractivity contribution >= 4 is 10.9 Å². The van der Waals surface area contributed by atoms with Gasteiger partial charge in [0.05, 0.1) is 11.2 Å². The summed E-state index contributed by atoms with van der Waals surface area (Å²) in [6, 6.07) is 9.23. The summed E-state index contributed by atoms with van der Waals surface area (Å²) in [4.78, 5) is 0. The smallest absolute Gasteiger partial charge is 0.0703 e. The van der Waals surface area contributed by atoms with Gasteiger partial charge in [-0.25, -0.2) is 0 Å². The highest BCUT2D eigenvalue weighted by atomic mass is 15.3. The quantitative estimate of drug-likeness (QED) is 0.793. The molecule has 0 saturated carbocycles. The number of fused-ring (bicyclic) bond motifs is 1. The second-order valence-electron chi connectivity index (χ2n) is 5.45. The predicted molar refractivity (Wildman–Crippen MR) is 86.1 cm³/mol. The summed E-state index contributed by atoms with van der Waals surface area (Å²) in [5.41, 5.74) is 2.53. The number of aromatic nitrogens is 2. The van der Waals surface area contributed by atoms with Crippen molar-refractivity contribution in [3.8, 4) is 0 Å². The van der Waals surface area contributed by atoms with Crippen molar-refractivity contribution in [2.45, 2.75) is 58.5 Å². The van der Waals surface area contributed by atoms with Crippen LogP contribution < -0.4 is 5.32 Å². The minimum atomic E-state index is 0.652. The zero-order valence-electron chi connectivity index (χ0n) is 13.0. The van der Waals surface area contributed by atoms with Gasteiger partial charge in [0.1, 0.15) is 0 Å². The molecule has 0 aliphatic heterocycles. The highest BCUT2D eigenvalue weighted by Gasteiger charge is 2.10. The molecule has 0 amide bonds. The maximum atomic E-state index is 4.77. The van der Waals surface area contributed by atoms with E-state index in [1.165, 1.54) is 42.3 Å². The van der Waals surface area contributed by atoms with Crippen molar-refractivity contribution in [2.24, 2.45) is 0 Å². The lowest BCUT2D eigenvalue weighted by Gasteiger charge is -2.14. The minimum absolute atomic E-state index is 0.652. The van der Waals surface area contributed by atoms with E-state index in [4.69, 9.17) is 5.10 Å². The highest BCUT2D eigenvalue weighted by Crippen LogP contribution is 2.20. The Labute approximate surface area is 122 Å². The van der Waals surface area contributed by atoms with Crippen LogP contribution in [-0.4, -0.2) is 22.9 Å². The Morgan fingerprint density at radius 2 is 2.00 bits per heavy atom. The summed E-state index contributed by atoms with van der Waals surface area (Å²) in [6.45, 7) is 5.34. The van der Waals surface area contributed by atoms with Crippen molar-refractivity contribution in [1.29, 1.82) is 0 Å². The Bertz CT molecular complexity index is 530. The molecular weight excluding hydrogens is 246 g/mol. The molecule has 3 heteroatoms. The first-order valence-electron chi connectivity index (χ1n) is 7.91. The third-order valence-electron chi connectivity index (χ3n) is 4.05. The van der Waals surface area contributed by atoms with Gasteiger partial charge in [0.25, 0.3) is 0 Å². The summed E-state index contributed by atoms with van der Waals surface area (Å²) in [6.07, 6.45) is 6.03. The molecular formula is C17H27N3. The number of hydrogen-bond acceptors (Lipinski definition) is 2. The number of para-hydroxylation sites is 1. The SMILES string of the molecule is CCCC(CCCc1nn(CC)c2ccccc12)NC. The monoisotopic (exact) mass is 273 g/mol. The van der Waals surface area contributed by atoms with Gasteiger partial charge in [-0.05, 0) is 45.7 Å². The summed E-state index contributed by atoms with van der Waals surface area (Å²) < 4.78 is 2.12. The van der Waals surface area contributed by atoms with Crippen molar-refractivity contribution in [3.05, 3.63) is 30.0 Å². The largest absolute Gasteiger partial charge is 0.317 e. The van der Waals surface area contributed by atoms with Crippen LogP contribution in [0.25, 0.3) is 10.9 Å². The molecule has 0 fully saturated rings. The maximum Gasteiger partial charge on any atom is 0.0703 e. The van der Waals surface area contributed by atoms with Gasteiger partial charge in [0, 0.05) is 18.0 Å². The molecule has 3 nitrogen and oxygen atoms in total. The zero-order chi connectivity index (χ0) is 14.4. The molecule has 0 aliphatic carbocycles. The van der Waals surface area contributed by atoms with E-state index >= 15 is 0 Å². The molecule has 1 aromatic heterocycles. The van der Waals surface area contributed by atoms with E-state index in [2.05, 4.69) is 55.2 Å². The number of hydrogen-bond donors (Lipinski definition) is 1. The van der Waals surface area contributed by atoms with Crippen LogP contribution in [0.3, 0.4) is 0 Å². The molecule has 0 saturated heterocycles. The van der Waals surface area contributed by atoms with Crippen molar-refractivity contribution in [3.63, 3.8) is 0 Å². The van der Waals surface area contributed by atoms with Gasteiger partial charge in [0.15, 0.2) is 0 Å². The van der Waals surface area contributed by atoms with Crippen molar-refractivity contribution < 1.29 is 0 Å². The molecule has 2 rings (SSSR count). The van der Waals surface area contributed by atoms with Crippen LogP contribution in [0.15, 0.2) is 24.3 Å². The Morgan fingerprint density at radius 3 is 2.70 bits per heavy atom. The molecule has 0 spiro atoms. The fraction of sp³-hybridized carbons (Fsp3) is 0.588. The van der Waals surface area contributed by atoms with E-state index < -0.39 is 0 Å². The lowest BCUT2D eigenvalue weighted by atomic mass is 10.0. The van der Waals surface area contributed by atoms with E-state index in [1.54, 1.807) is 0 Å². The maximum absolute atomic E-state index is 4.77. The fourth-order valence-electron chi connectivity index (χ4n) is 2.92. The topological polar surface area (TPSA) is 29.9 Å². The Kier molecular flexibility index (Phi) is 5.60. The van der Waals surface area contributed by atoms with E-state index in [-0.39, 0.29) is 0 Å². The van der Waals surface area contributed by atoms with Crippen LogP contribution in [0.5, 0.6) is 0 Å². The van der Waals surface area contributed by atoms with Crippen LogP contribution in [0.4, 0.5) is 0 Å². The van der Waals surface area contributed by atoms with E-state index in [0.29, 0.717) is 6.04 Å². The third-order valence-corrected chi connectivity index (χ3v) is 4.05. The van der Waals surface area contributed by atoms with Crippen molar-refractivity contribution in [1.82, 2.24) is 15.1 Å². The second-order valence-corrected chi connectivity index (χ2v) is 5.45. The van der Waals surface area contributed by atoms with Gasteiger partial charge >= 0.3 is 0 Å². The van der Waals surface area contributed by atoms with E-state index in [0.717, 1.165) is 13.0 Å². The van der Waals surface area contributed by atoms with E-state index in [9.17, 15) is 0 Å².